The highest BCUT2D eigenvalue weighted by Crippen LogP contribution is 2.23. The molecule has 0 atom stereocenters. The van der Waals surface area contributed by atoms with E-state index in [4.69, 9.17) is 16.6 Å². The smallest absolute Gasteiger partial charge is 0.264 e. The SMILES string of the molecule is CC(C)n1ncc2c(=O)n3c(nc21)CN(c1ccc(Cl)cc1)CC3. The second kappa shape index (κ2) is 5.63. The fraction of sp³-hybridized carbons (Fsp3) is 0.353. The largest absolute Gasteiger partial charge is 0.362 e. The van der Waals surface area contributed by atoms with Crippen molar-refractivity contribution in [2.75, 3.05) is 11.4 Å². The minimum atomic E-state index is -0.00217. The van der Waals surface area contributed by atoms with Gasteiger partial charge < -0.3 is 4.90 Å². The van der Waals surface area contributed by atoms with E-state index in [0.29, 0.717) is 29.1 Å². The van der Waals surface area contributed by atoms with Gasteiger partial charge in [0.2, 0.25) is 0 Å². The van der Waals surface area contributed by atoms with Crippen LogP contribution in [0.1, 0.15) is 25.7 Å². The maximum atomic E-state index is 12.7. The molecule has 1 aliphatic rings. The number of rotatable bonds is 2. The van der Waals surface area contributed by atoms with Gasteiger partial charge in [0.05, 0.1) is 12.7 Å². The highest BCUT2D eigenvalue weighted by atomic mass is 35.5. The summed E-state index contributed by atoms with van der Waals surface area (Å²) < 4.78 is 3.57. The lowest BCUT2D eigenvalue weighted by molar-refractivity contribution is 0.522. The lowest BCUT2D eigenvalue weighted by atomic mass is 10.2. The lowest BCUT2D eigenvalue weighted by Gasteiger charge is -2.30. The van der Waals surface area contributed by atoms with Gasteiger partial charge in [0, 0.05) is 29.8 Å². The summed E-state index contributed by atoms with van der Waals surface area (Å²) in [4.78, 5) is 19.7. The third-order valence-corrected chi connectivity index (χ3v) is 4.65. The van der Waals surface area contributed by atoms with Crippen LogP contribution in [0.4, 0.5) is 5.69 Å². The molecular formula is C17H18ClN5O. The minimum absolute atomic E-state index is 0.00217. The number of aromatic nitrogens is 4. The van der Waals surface area contributed by atoms with E-state index in [1.807, 2.05) is 38.1 Å². The lowest BCUT2D eigenvalue weighted by Crippen LogP contribution is -2.40. The van der Waals surface area contributed by atoms with Crippen molar-refractivity contribution < 1.29 is 0 Å². The Balaban J connectivity index is 1.78. The molecule has 0 saturated carbocycles. The van der Waals surface area contributed by atoms with Crippen molar-refractivity contribution >= 4 is 28.3 Å². The molecular weight excluding hydrogens is 326 g/mol. The van der Waals surface area contributed by atoms with Gasteiger partial charge in [-0.15, -0.1) is 0 Å². The van der Waals surface area contributed by atoms with E-state index in [-0.39, 0.29) is 11.6 Å². The second-order valence-corrected chi connectivity index (χ2v) is 6.74. The summed E-state index contributed by atoms with van der Waals surface area (Å²) in [6.07, 6.45) is 1.63. The van der Waals surface area contributed by atoms with Crippen LogP contribution < -0.4 is 10.5 Å². The zero-order chi connectivity index (χ0) is 16.8. The minimum Gasteiger partial charge on any atom is -0.362 e. The highest BCUT2D eigenvalue weighted by Gasteiger charge is 2.22. The van der Waals surface area contributed by atoms with Crippen molar-refractivity contribution in [2.24, 2.45) is 0 Å². The Bertz CT molecular complexity index is 958. The third-order valence-electron chi connectivity index (χ3n) is 4.40. The first-order valence-corrected chi connectivity index (χ1v) is 8.40. The first-order valence-electron chi connectivity index (χ1n) is 8.02. The van der Waals surface area contributed by atoms with Crippen LogP contribution >= 0.6 is 11.6 Å². The molecule has 0 radical (unpaired) electrons. The number of halogens is 1. The number of hydrogen-bond donors (Lipinski definition) is 0. The number of nitrogens with zero attached hydrogens (tertiary/aromatic N) is 5. The molecule has 0 bridgehead atoms. The van der Waals surface area contributed by atoms with Crippen LogP contribution in [0.5, 0.6) is 0 Å². The summed E-state index contributed by atoms with van der Waals surface area (Å²) in [6, 6.07) is 7.90. The van der Waals surface area contributed by atoms with Crippen LogP contribution in [0.15, 0.2) is 35.3 Å². The number of benzene rings is 1. The third kappa shape index (κ3) is 2.38. The molecule has 7 heteroatoms. The van der Waals surface area contributed by atoms with Crippen LogP contribution in [-0.4, -0.2) is 25.9 Å². The summed E-state index contributed by atoms with van der Waals surface area (Å²) in [5, 5.41) is 5.63. The first-order chi connectivity index (χ1) is 11.5. The summed E-state index contributed by atoms with van der Waals surface area (Å²) in [7, 11) is 0. The molecule has 1 aliphatic heterocycles. The summed E-state index contributed by atoms with van der Waals surface area (Å²) >= 11 is 5.97. The van der Waals surface area contributed by atoms with Crippen molar-refractivity contribution in [3.63, 3.8) is 0 Å². The first kappa shape index (κ1) is 15.2. The normalized spacial score (nSPS) is 14.4. The van der Waals surface area contributed by atoms with Crippen LogP contribution in [0.25, 0.3) is 11.0 Å². The number of fused-ring (bicyclic) bond motifs is 2. The van der Waals surface area contributed by atoms with E-state index in [1.54, 1.807) is 15.4 Å². The predicted molar refractivity (Wildman–Crippen MR) is 94.7 cm³/mol. The van der Waals surface area contributed by atoms with Crippen LogP contribution in [0, 0.1) is 0 Å². The van der Waals surface area contributed by atoms with Gasteiger partial charge in [0.1, 0.15) is 11.2 Å². The predicted octanol–water partition coefficient (Wildman–Crippen LogP) is 2.85. The van der Waals surface area contributed by atoms with E-state index >= 15 is 0 Å². The summed E-state index contributed by atoms with van der Waals surface area (Å²) in [5.74, 6) is 0.774. The quantitative estimate of drug-likeness (QED) is 0.718. The van der Waals surface area contributed by atoms with E-state index in [2.05, 4.69) is 10.00 Å². The van der Waals surface area contributed by atoms with E-state index in [0.717, 1.165) is 18.1 Å². The molecule has 6 nitrogen and oxygen atoms in total. The van der Waals surface area contributed by atoms with Crippen LogP contribution in [0.3, 0.4) is 0 Å². The average molecular weight is 344 g/mol. The van der Waals surface area contributed by atoms with Crippen molar-refractivity contribution in [3.8, 4) is 0 Å². The second-order valence-electron chi connectivity index (χ2n) is 6.30. The van der Waals surface area contributed by atoms with Crippen molar-refractivity contribution in [3.05, 3.63) is 51.7 Å². The molecule has 124 valence electrons. The molecule has 3 heterocycles. The summed E-state index contributed by atoms with van der Waals surface area (Å²) in [5.41, 5.74) is 1.74. The highest BCUT2D eigenvalue weighted by molar-refractivity contribution is 6.30. The number of anilines is 1. The Morgan fingerprint density at radius 2 is 1.92 bits per heavy atom. The molecule has 0 fully saturated rings. The molecule has 0 N–H and O–H groups in total. The molecule has 0 unspecified atom stereocenters. The fourth-order valence-electron chi connectivity index (χ4n) is 3.14. The van der Waals surface area contributed by atoms with Gasteiger partial charge in [-0.3, -0.25) is 9.36 Å². The van der Waals surface area contributed by atoms with Gasteiger partial charge >= 0.3 is 0 Å². The van der Waals surface area contributed by atoms with Gasteiger partial charge in [-0.05, 0) is 38.1 Å². The Morgan fingerprint density at radius 1 is 1.17 bits per heavy atom. The zero-order valence-electron chi connectivity index (χ0n) is 13.6. The summed E-state index contributed by atoms with van der Waals surface area (Å²) in [6.45, 7) is 6.04. The number of hydrogen-bond acceptors (Lipinski definition) is 4. The average Bonchev–Trinajstić information content (AvgIpc) is 2.99. The van der Waals surface area contributed by atoms with Crippen molar-refractivity contribution in [1.29, 1.82) is 0 Å². The van der Waals surface area contributed by atoms with E-state index in [9.17, 15) is 4.79 Å². The molecule has 3 aromatic rings. The van der Waals surface area contributed by atoms with Crippen LogP contribution in [0.2, 0.25) is 5.02 Å². The van der Waals surface area contributed by atoms with Crippen molar-refractivity contribution in [2.45, 2.75) is 33.0 Å². The van der Waals surface area contributed by atoms with E-state index < -0.39 is 0 Å². The Hall–Kier alpha value is -2.34. The Labute approximate surface area is 144 Å². The Morgan fingerprint density at radius 3 is 2.62 bits per heavy atom. The van der Waals surface area contributed by atoms with Gasteiger partial charge in [-0.2, -0.15) is 5.10 Å². The molecule has 24 heavy (non-hydrogen) atoms. The van der Waals surface area contributed by atoms with Gasteiger partial charge in [-0.1, -0.05) is 11.6 Å². The maximum Gasteiger partial charge on any atom is 0.264 e. The van der Waals surface area contributed by atoms with Crippen molar-refractivity contribution in [1.82, 2.24) is 19.3 Å². The zero-order valence-corrected chi connectivity index (χ0v) is 14.4. The molecule has 0 saturated heterocycles. The van der Waals surface area contributed by atoms with Crippen LogP contribution in [-0.2, 0) is 13.1 Å². The molecule has 0 amide bonds. The standard InChI is InChI=1S/C17H18ClN5O/c1-11(2)23-16-14(9-19-23)17(24)22-8-7-21(10-15(22)20-16)13-5-3-12(18)4-6-13/h3-6,9,11H,7-8,10H2,1-2H3. The van der Waals surface area contributed by atoms with E-state index in [1.165, 1.54) is 0 Å². The molecule has 2 aromatic heterocycles. The molecule has 1 aromatic carbocycles. The van der Waals surface area contributed by atoms with Gasteiger partial charge in [-0.25, -0.2) is 9.67 Å². The maximum absolute atomic E-state index is 12.7. The fourth-order valence-corrected chi connectivity index (χ4v) is 3.26. The van der Waals surface area contributed by atoms with Gasteiger partial charge in [0.15, 0.2) is 5.65 Å². The monoisotopic (exact) mass is 343 g/mol. The van der Waals surface area contributed by atoms with Gasteiger partial charge in [0.25, 0.3) is 5.56 Å². The topological polar surface area (TPSA) is 56.0 Å². The molecule has 4 rings (SSSR count). The molecule has 0 spiro atoms. The molecule has 0 aliphatic carbocycles. The Kier molecular flexibility index (Phi) is 3.57.